The number of hydrogen-bond acceptors (Lipinski definition) is 6. The Morgan fingerprint density at radius 1 is 0.857 bits per heavy atom. The van der Waals surface area contributed by atoms with Crippen LogP contribution in [0.5, 0.6) is 11.5 Å². The van der Waals surface area contributed by atoms with Gasteiger partial charge < -0.3 is 19.3 Å². The van der Waals surface area contributed by atoms with Crippen molar-refractivity contribution in [3.05, 3.63) is 83.5 Å². The summed E-state index contributed by atoms with van der Waals surface area (Å²) in [6.07, 6.45) is 1.32. The van der Waals surface area contributed by atoms with E-state index < -0.39 is 23.6 Å². The van der Waals surface area contributed by atoms with Gasteiger partial charge in [0.15, 0.2) is 0 Å². The van der Waals surface area contributed by atoms with Crippen LogP contribution in [0.15, 0.2) is 72.3 Å². The first-order chi connectivity index (χ1) is 16.2. The third kappa shape index (κ3) is 9.06. The molecule has 35 heavy (non-hydrogen) atoms. The molecule has 2 aromatic rings. The predicted molar refractivity (Wildman–Crippen MR) is 136 cm³/mol. The van der Waals surface area contributed by atoms with E-state index in [0.717, 1.165) is 16.9 Å². The molecule has 0 aliphatic heterocycles. The van der Waals surface area contributed by atoms with Crippen LogP contribution in [0.1, 0.15) is 72.1 Å². The minimum atomic E-state index is -0.778. The second kappa shape index (κ2) is 11.4. The summed E-state index contributed by atoms with van der Waals surface area (Å²) >= 11 is 0. The molecule has 0 aromatic heterocycles. The quantitative estimate of drug-likeness (QED) is 0.266. The Morgan fingerprint density at radius 3 is 1.74 bits per heavy atom. The monoisotopic (exact) mass is 480 g/mol. The predicted octanol–water partition coefficient (Wildman–Crippen LogP) is 6.09. The topological polar surface area (TPSA) is 82.1 Å². The summed E-state index contributed by atoms with van der Waals surface area (Å²) in [5.74, 6) is -0.0646. The minimum absolute atomic E-state index is 0.162. The van der Waals surface area contributed by atoms with Crippen molar-refractivity contribution in [1.29, 1.82) is 0 Å². The maximum absolute atomic E-state index is 12.0. The number of aliphatic hydroxyl groups excluding tert-OH is 1. The highest BCUT2D eigenvalue weighted by Crippen LogP contribution is 2.28. The Labute approximate surface area is 208 Å². The van der Waals surface area contributed by atoms with Crippen molar-refractivity contribution in [2.24, 2.45) is 0 Å². The van der Waals surface area contributed by atoms with Gasteiger partial charge >= 0.3 is 11.9 Å². The van der Waals surface area contributed by atoms with E-state index in [4.69, 9.17) is 14.2 Å². The highest BCUT2D eigenvalue weighted by atomic mass is 16.6. The van der Waals surface area contributed by atoms with Crippen LogP contribution in [0.25, 0.3) is 0 Å². The maximum atomic E-state index is 12.0. The van der Waals surface area contributed by atoms with Crippen molar-refractivity contribution in [2.45, 2.75) is 72.2 Å². The lowest BCUT2D eigenvalue weighted by molar-refractivity contribution is -0.153. The van der Waals surface area contributed by atoms with E-state index in [0.29, 0.717) is 17.7 Å². The number of aliphatic hydroxyl groups is 1. The number of hydrogen-bond donors (Lipinski definition) is 1. The second-order valence-electron chi connectivity index (χ2n) is 10.2. The van der Waals surface area contributed by atoms with Crippen LogP contribution < -0.4 is 9.47 Å². The molecular weight excluding hydrogens is 444 g/mol. The summed E-state index contributed by atoms with van der Waals surface area (Å²) in [4.78, 5) is 23.5. The standard InChI is InChI=1S/C29H36O6/c1-19(2)26(31)33-27(32)20(3)17-18-29(7,8)35-24-15-11-22(12-16-24)25(30)21-9-13-23(14-10-21)34-28(4,5)6/h9-17,25,30H,1,18H2,2-8H3/b20-17-. The maximum Gasteiger partial charge on any atom is 0.341 e. The summed E-state index contributed by atoms with van der Waals surface area (Å²) in [6.45, 7) is 16.3. The van der Waals surface area contributed by atoms with E-state index in [9.17, 15) is 14.7 Å². The molecule has 0 aliphatic rings. The van der Waals surface area contributed by atoms with E-state index in [-0.39, 0.29) is 11.2 Å². The Hall–Kier alpha value is -3.38. The minimum Gasteiger partial charge on any atom is -0.488 e. The normalized spacial score (nSPS) is 13.1. The molecule has 0 spiro atoms. The van der Waals surface area contributed by atoms with E-state index in [1.54, 1.807) is 25.1 Å². The van der Waals surface area contributed by atoms with Gasteiger partial charge in [0.2, 0.25) is 0 Å². The number of benzene rings is 2. The van der Waals surface area contributed by atoms with Crippen LogP contribution in [-0.2, 0) is 14.3 Å². The van der Waals surface area contributed by atoms with Crippen molar-refractivity contribution >= 4 is 11.9 Å². The van der Waals surface area contributed by atoms with Crippen molar-refractivity contribution in [3.63, 3.8) is 0 Å². The van der Waals surface area contributed by atoms with Crippen LogP contribution in [0, 0.1) is 0 Å². The third-order valence-corrected chi connectivity index (χ3v) is 4.97. The fourth-order valence-corrected chi connectivity index (χ4v) is 3.08. The number of carbonyl (C=O) groups excluding carboxylic acids is 2. The van der Waals surface area contributed by atoms with Crippen molar-refractivity contribution in [2.75, 3.05) is 0 Å². The second-order valence-corrected chi connectivity index (χ2v) is 10.2. The van der Waals surface area contributed by atoms with Gasteiger partial charge in [-0.25, -0.2) is 9.59 Å². The molecule has 188 valence electrons. The first-order valence-corrected chi connectivity index (χ1v) is 11.5. The van der Waals surface area contributed by atoms with Crippen LogP contribution in [0.3, 0.4) is 0 Å². The third-order valence-electron chi connectivity index (χ3n) is 4.97. The van der Waals surface area contributed by atoms with Gasteiger partial charge in [-0.1, -0.05) is 36.9 Å². The van der Waals surface area contributed by atoms with Gasteiger partial charge in [0.05, 0.1) is 0 Å². The zero-order valence-corrected chi connectivity index (χ0v) is 21.7. The Balaban J connectivity index is 1.99. The lowest BCUT2D eigenvalue weighted by Gasteiger charge is -2.26. The largest absolute Gasteiger partial charge is 0.488 e. The summed E-state index contributed by atoms with van der Waals surface area (Å²) in [7, 11) is 0. The van der Waals surface area contributed by atoms with Gasteiger partial charge in [0.1, 0.15) is 28.8 Å². The fraction of sp³-hybridized carbons (Fsp3) is 0.379. The molecule has 1 unspecified atom stereocenters. The number of esters is 2. The van der Waals surface area contributed by atoms with Crippen molar-refractivity contribution in [1.82, 2.24) is 0 Å². The molecule has 0 heterocycles. The summed E-state index contributed by atoms with van der Waals surface area (Å²) in [6, 6.07) is 14.6. The van der Waals surface area contributed by atoms with E-state index in [1.165, 1.54) is 6.92 Å². The smallest absolute Gasteiger partial charge is 0.341 e. The molecule has 2 aromatic carbocycles. The number of carbonyl (C=O) groups is 2. The SMILES string of the molecule is C=C(C)C(=O)OC(=O)/C(C)=C\CC(C)(C)Oc1ccc(C(O)c2ccc(OC(C)(C)C)cc2)cc1. The molecule has 0 saturated carbocycles. The first kappa shape index (κ1) is 27.9. The summed E-state index contributed by atoms with van der Waals surface area (Å²) in [5, 5.41) is 10.8. The van der Waals surface area contributed by atoms with Gasteiger partial charge in [0, 0.05) is 17.6 Å². The first-order valence-electron chi connectivity index (χ1n) is 11.5. The molecule has 0 saturated heterocycles. The van der Waals surface area contributed by atoms with Gasteiger partial charge in [0.25, 0.3) is 0 Å². The summed E-state index contributed by atoms with van der Waals surface area (Å²) in [5.41, 5.74) is 1.07. The molecule has 0 radical (unpaired) electrons. The number of rotatable bonds is 9. The van der Waals surface area contributed by atoms with Crippen LogP contribution in [0.2, 0.25) is 0 Å². The highest BCUT2D eigenvalue weighted by Gasteiger charge is 2.21. The van der Waals surface area contributed by atoms with Crippen LogP contribution in [0.4, 0.5) is 0 Å². The Morgan fingerprint density at radius 2 is 1.31 bits per heavy atom. The molecule has 0 aliphatic carbocycles. The van der Waals surface area contributed by atoms with Crippen LogP contribution >= 0.6 is 0 Å². The molecule has 0 amide bonds. The average Bonchev–Trinajstić information content (AvgIpc) is 2.76. The summed E-state index contributed by atoms with van der Waals surface area (Å²) < 4.78 is 16.6. The molecule has 1 N–H and O–H groups in total. The molecule has 6 nitrogen and oxygen atoms in total. The zero-order valence-electron chi connectivity index (χ0n) is 21.7. The molecule has 1 atom stereocenters. The van der Waals surface area contributed by atoms with Crippen molar-refractivity contribution < 1.29 is 28.9 Å². The average molecular weight is 481 g/mol. The molecule has 2 rings (SSSR count). The fourth-order valence-electron chi connectivity index (χ4n) is 3.08. The molecular formula is C29H36O6. The Bertz CT molecular complexity index is 1070. The lowest BCUT2D eigenvalue weighted by atomic mass is 10.0. The molecule has 0 bridgehead atoms. The zero-order chi connectivity index (χ0) is 26.4. The Kier molecular flexibility index (Phi) is 9.05. The van der Waals surface area contributed by atoms with Crippen molar-refractivity contribution in [3.8, 4) is 11.5 Å². The van der Waals surface area contributed by atoms with E-state index in [2.05, 4.69) is 6.58 Å². The van der Waals surface area contributed by atoms with Gasteiger partial charge in [-0.15, -0.1) is 0 Å². The lowest BCUT2D eigenvalue weighted by Crippen LogP contribution is -2.27. The van der Waals surface area contributed by atoms with Gasteiger partial charge in [-0.2, -0.15) is 0 Å². The van der Waals surface area contributed by atoms with Gasteiger partial charge in [-0.05, 0) is 83.9 Å². The van der Waals surface area contributed by atoms with Gasteiger partial charge in [-0.3, -0.25) is 0 Å². The highest BCUT2D eigenvalue weighted by molar-refractivity contribution is 6.01. The van der Waals surface area contributed by atoms with Crippen LogP contribution in [-0.4, -0.2) is 28.2 Å². The van der Waals surface area contributed by atoms with E-state index in [1.807, 2.05) is 71.0 Å². The molecule has 6 heteroatoms. The molecule has 0 fully saturated rings. The number of ether oxygens (including phenoxy) is 3. The van der Waals surface area contributed by atoms with E-state index >= 15 is 0 Å².